The van der Waals surface area contributed by atoms with Crippen LogP contribution in [-0.2, 0) is 0 Å². The van der Waals surface area contributed by atoms with Crippen LogP contribution in [0.1, 0.15) is 47.0 Å². The van der Waals surface area contributed by atoms with Gasteiger partial charge in [-0.15, -0.1) is 0 Å². The predicted octanol–water partition coefficient (Wildman–Crippen LogP) is 2.39. The SMILES string of the molecule is CCNC(=NCC1CCC1)NC(C)C(C)C. The highest BCUT2D eigenvalue weighted by molar-refractivity contribution is 5.80. The van der Waals surface area contributed by atoms with E-state index in [4.69, 9.17) is 0 Å². The van der Waals surface area contributed by atoms with Crippen molar-refractivity contribution in [2.24, 2.45) is 16.8 Å². The molecule has 1 rings (SSSR count). The number of nitrogens with zero attached hydrogens (tertiary/aromatic N) is 1. The van der Waals surface area contributed by atoms with Crippen molar-refractivity contribution in [3.63, 3.8) is 0 Å². The van der Waals surface area contributed by atoms with Crippen LogP contribution in [0.4, 0.5) is 0 Å². The Balaban J connectivity index is 2.38. The van der Waals surface area contributed by atoms with Crippen LogP contribution < -0.4 is 10.6 Å². The molecular weight excluding hydrogens is 198 g/mol. The summed E-state index contributed by atoms with van der Waals surface area (Å²) in [5.41, 5.74) is 0. The topological polar surface area (TPSA) is 36.4 Å². The molecule has 0 aromatic rings. The van der Waals surface area contributed by atoms with Gasteiger partial charge in [0.2, 0.25) is 0 Å². The lowest BCUT2D eigenvalue weighted by Crippen LogP contribution is -2.44. The first-order valence-electron chi connectivity index (χ1n) is 6.68. The second kappa shape index (κ2) is 6.77. The van der Waals surface area contributed by atoms with E-state index in [0.29, 0.717) is 12.0 Å². The van der Waals surface area contributed by atoms with E-state index in [1.54, 1.807) is 0 Å². The number of guanidine groups is 1. The zero-order valence-corrected chi connectivity index (χ0v) is 11.2. The molecule has 0 amide bonds. The van der Waals surface area contributed by atoms with Crippen molar-refractivity contribution in [3.8, 4) is 0 Å². The predicted molar refractivity (Wildman–Crippen MR) is 70.8 cm³/mol. The molecule has 0 radical (unpaired) electrons. The standard InChI is InChI=1S/C13H27N3/c1-5-14-13(16-11(4)10(2)3)15-9-12-7-6-8-12/h10-12H,5-9H2,1-4H3,(H2,14,15,16). The normalized spacial score (nSPS) is 19.4. The van der Waals surface area contributed by atoms with E-state index in [1.807, 2.05) is 0 Å². The van der Waals surface area contributed by atoms with Crippen molar-refractivity contribution < 1.29 is 0 Å². The summed E-state index contributed by atoms with van der Waals surface area (Å²) in [7, 11) is 0. The van der Waals surface area contributed by atoms with Crippen molar-refractivity contribution in [2.75, 3.05) is 13.1 Å². The zero-order valence-electron chi connectivity index (χ0n) is 11.2. The summed E-state index contributed by atoms with van der Waals surface area (Å²) in [5, 5.41) is 6.77. The summed E-state index contributed by atoms with van der Waals surface area (Å²) in [6.45, 7) is 10.7. The summed E-state index contributed by atoms with van der Waals surface area (Å²) < 4.78 is 0. The van der Waals surface area contributed by atoms with E-state index >= 15 is 0 Å². The van der Waals surface area contributed by atoms with Gasteiger partial charge in [-0.25, -0.2) is 0 Å². The molecular formula is C13H27N3. The van der Waals surface area contributed by atoms with Crippen molar-refractivity contribution >= 4 is 5.96 Å². The highest BCUT2D eigenvalue weighted by atomic mass is 15.2. The molecule has 0 aromatic heterocycles. The van der Waals surface area contributed by atoms with Crippen LogP contribution in [0.25, 0.3) is 0 Å². The molecule has 1 saturated carbocycles. The van der Waals surface area contributed by atoms with Gasteiger partial charge in [0, 0.05) is 19.1 Å². The van der Waals surface area contributed by atoms with Crippen molar-refractivity contribution in [2.45, 2.75) is 53.0 Å². The fourth-order valence-corrected chi connectivity index (χ4v) is 1.60. The largest absolute Gasteiger partial charge is 0.357 e. The fourth-order valence-electron chi connectivity index (χ4n) is 1.60. The second-order valence-electron chi connectivity index (χ2n) is 5.19. The lowest BCUT2D eigenvalue weighted by atomic mass is 9.86. The van der Waals surface area contributed by atoms with Crippen LogP contribution in [-0.4, -0.2) is 25.1 Å². The van der Waals surface area contributed by atoms with Gasteiger partial charge in [-0.3, -0.25) is 4.99 Å². The molecule has 3 heteroatoms. The molecule has 0 bridgehead atoms. The van der Waals surface area contributed by atoms with Gasteiger partial charge in [0.1, 0.15) is 0 Å². The summed E-state index contributed by atoms with van der Waals surface area (Å²) in [4.78, 5) is 4.65. The van der Waals surface area contributed by atoms with Crippen LogP contribution in [0.2, 0.25) is 0 Å². The molecule has 94 valence electrons. The third-order valence-electron chi connectivity index (χ3n) is 3.44. The lowest BCUT2D eigenvalue weighted by molar-refractivity contribution is 0.325. The first-order valence-corrected chi connectivity index (χ1v) is 6.68. The van der Waals surface area contributed by atoms with Crippen molar-refractivity contribution in [3.05, 3.63) is 0 Å². The Labute approximate surface area is 100 Å². The Bertz CT molecular complexity index is 219. The van der Waals surface area contributed by atoms with Gasteiger partial charge < -0.3 is 10.6 Å². The van der Waals surface area contributed by atoms with E-state index in [1.165, 1.54) is 19.3 Å². The first-order chi connectivity index (χ1) is 7.63. The average molecular weight is 225 g/mol. The van der Waals surface area contributed by atoms with Crippen molar-refractivity contribution in [1.82, 2.24) is 10.6 Å². The Morgan fingerprint density at radius 2 is 2.00 bits per heavy atom. The molecule has 1 fully saturated rings. The van der Waals surface area contributed by atoms with E-state index in [2.05, 4.69) is 43.3 Å². The van der Waals surface area contributed by atoms with Gasteiger partial charge in [-0.05, 0) is 38.5 Å². The minimum absolute atomic E-state index is 0.471. The van der Waals surface area contributed by atoms with Crippen LogP contribution in [0.3, 0.4) is 0 Å². The summed E-state index contributed by atoms with van der Waals surface area (Å²) in [6.07, 6.45) is 4.12. The fraction of sp³-hybridized carbons (Fsp3) is 0.923. The number of rotatable bonds is 5. The van der Waals surface area contributed by atoms with Crippen LogP contribution in [0, 0.1) is 11.8 Å². The molecule has 0 aromatic carbocycles. The van der Waals surface area contributed by atoms with Gasteiger partial charge in [0.05, 0.1) is 0 Å². The molecule has 16 heavy (non-hydrogen) atoms. The molecule has 0 heterocycles. The number of hydrogen-bond acceptors (Lipinski definition) is 1. The van der Waals surface area contributed by atoms with Gasteiger partial charge >= 0.3 is 0 Å². The zero-order chi connectivity index (χ0) is 12.0. The first kappa shape index (κ1) is 13.3. The second-order valence-corrected chi connectivity index (χ2v) is 5.19. The molecule has 3 nitrogen and oxygen atoms in total. The molecule has 1 aliphatic carbocycles. The molecule has 0 aliphatic heterocycles. The Kier molecular flexibility index (Phi) is 5.64. The van der Waals surface area contributed by atoms with E-state index in [0.717, 1.165) is 25.0 Å². The van der Waals surface area contributed by atoms with Crippen molar-refractivity contribution in [1.29, 1.82) is 0 Å². The molecule has 0 saturated heterocycles. The molecule has 0 spiro atoms. The molecule has 1 aliphatic rings. The maximum absolute atomic E-state index is 4.65. The quantitative estimate of drug-likeness (QED) is 0.557. The third-order valence-corrected chi connectivity index (χ3v) is 3.44. The van der Waals surface area contributed by atoms with Crippen LogP contribution in [0.5, 0.6) is 0 Å². The Morgan fingerprint density at radius 1 is 1.31 bits per heavy atom. The van der Waals surface area contributed by atoms with Gasteiger partial charge in [-0.2, -0.15) is 0 Å². The Hall–Kier alpha value is -0.730. The molecule has 2 N–H and O–H groups in total. The Morgan fingerprint density at radius 3 is 2.44 bits per heavy atom. The maximum Gasteiger partial charge on any atom is 0.191 e. The van der Waals surface area contributed by atoms with E-state index in [-0.39, 0.29) is 0 Å². The van der Waals surface area contributed by atoms with E-state index < -0.39 is 0 Å². The summed E-state index contributed by atoms with van der Waals surface area (Å²) in [5.74, 6) is 2.45. The smallest absolute Gasteiger partial charge is 0.191 e. The monoisotopic (exact) mass is 225 g/mol. The van der Waals surface area contributed by atoms with E-state index in [9.17, 15) is 0 Å². The summed E-state index contributed by atoms with van der Waals surface area (Å²) >= 11 is 0. The minimum Gasteiger partial charge on any atom is -0.357 e. The number of nitrogens with one attached hydrogen (secondary N) is 2. The number of aliphatic imine (C=N–C) groups is 1. The highest BCUT2D eigenvalue weighted by Gasteiger charge is 2.17. The third kappa shape index (κ3) is 4.42. The summed E-state index contributed by atoms with van der Waals surface area (Å²) in [6, 6.07) is 0.471. The number of hydrogen-bond donors (Lipinski definition) is 2. The molecule has 1 unspecified atom stereocenters. The van der Waals surface area contributed by atoms with Crippen LogP contribution >= 0.6 is 0 Å². The van der Waals surface area contributed by atoms with Gasteiger partial charge in [0.25, 0.3) is 0 Å². The molecule has 1 atom stereocenters. The van der Waals surface area contributed by atoms with Gasteiger partial charge in [-0.1, -0.05) is 20.3 Å². The lowest BCUT2D eigenvalue weighted by Gasteiger charge is -2.25. The van der Waals surface area contributed by atoms with Gasteiger partial charge in [0.15, 0.2) is 5.96 Å². The average Bonchev–Trinajstić information content (AvgIpc) is 2.15. The van der Waals surface area contributed by atoms with Crippen LogP contribution in [0.15, 0.2) is 4.99 Å². The maximum atomic E-state index is 4.65. The minimum atomic E-state index is 0.471. The highest BCUT2D eigenvalue weighted by Crippen LogP contribution is 2.26.